The molecule has 0 N–H and O–H groups in total. The lowest BCUT2D eigenvalue weighted by Crippen LogP contribution is -1.85. The Morgan fingerprint density at radius 1 is 1.30 bits per heavy atom. The maximum atomic E-state index is 4.12. The molecule has 1 aromatic rings. The molecule has 0 saturated carbocycles. The second-order valence-electron chi connectivity index (χ2n) is 2.08. The summed E-state index contributed by atoms with van der Waals surface area (Å²) in [6, 6.07) is 0. The molecule has 2 nitrogen and oxygen atoms in total. The van der Waals surface area contributed by atoms with E-state index < -0.39 is 0 Å². The fraction of sp³-hybridized carbons (Fsp3) is 0.250. The molecule has 0 amide bonds. The molecule has 0 aliphatic carbocycles. The van der Waals surface area contributed by atoms with Gasteiger partial charge in [0.05, 0.1) is 17.6 Å². The van der Waals surface area contributed by atoms with E-state index in [1.165, 1.54) is 0 Å². The molecule has 0 spiro atoms. The van der Waals surface area contributed by atoms with Gasteiger partial charge in [-0.1, -0.05) is 6.08 Å². The van der Waals surface area contributed by atoms with Crippen LogP contribution in [0.4, 0.5) is 0 Å². The molecule has 1 aromatic heterocycles. The topological polar surface area (TPSA) is 25.8 Å². The first-order chi connectivity index (χ1) is 4.83. The van der Waals surface area contributed by atoms with Crippen LogP contribution in [0.15, 0.2) is 18.5 Å². The first-order valence-electron chi connectivity index (χ1n) is 3.24. The smallest absolute Gasteiger partial charge is 0.0809 e. The standard InChI is InChI=1S/C8H10N2/c1-3-4-8-6-9-7(2)5-10-8/h3-6H,1-2H3/b4-3-. The van der Waals surface area contributed by atoms with Gasteiger partial charge >= 0.3 is 0 Å². The van der Waals surface area contributed by atoms with Crippen LogP contribution in [0, 0.1) is 6.92 Å². The van der Waals surface area contributed by atoms with Crippen LogP contribution in [-0.4, -0.2) is 9.97 Å². The Hall–Kier alpha value is -1.18. The van der Waals surface area contributed by atoms with E-state index in [9.17, 15) is 0 Å². The van der Waals surface area contributed by atoms with Crippen molar-refractivity contribution < 1.29 is 0 Å². The summed E-state index contributed by atoms with van der Waals surface area (Å²) in [6.45, 7) is 3.88. The SMILES string of the molecule is C/C=C\c1cnc(C)cn1. The number of nitrogens with zero attached hydrogens (tertiary/aromatic N) is 2. The number of allylic oxidation sites excluding steroid dienone is 1. The Labute approximate surface area is 60.6 Å². The van der Waals surface area contributed by atoms with Gasteiger partial charge in [0.2, 0.25) is 0 Å². The first kappa shape index (κ1) is 6.93. The summed E-state index contributed by atoms with van der Waals surface area (Å²) in [4.78, 5) is 8.20. The summed E-state index contributed by atoms with van der Waals surface area (Å²) >= 11 is 0. The Balaban J connectivity index is 2.89. The highest BCUT2D eigenvalue weighted by Crippen LogP contribution is 1.95. The minimum Gasteiger partial charge on any atom is -0.258 e. The summed E-state index contributed by atoms with van der Waals surface area (Å²) in [5.74, 6) is 0. The number of rotatable bonds is 1. The van der Waals surface area contributed by atoms with E-state index in [0.717, 1.165) is 11.4 Å². The quantitative estimate of drug-likeness (QED) is 0.585. The van der Waals surface area contributed by atoms with Gasteiger partial charge in [-0.2, -0.15) is 0 Å². The van der Waals surface area contributed by atoms with Crippen LogP contribution in [0.1, 0.15) is 18.3 Å². The van der Waals surface area contributed by atoms with Crippen molar-refractivity contribution in [3.8, 4) is 0 Å². The molecule has 0 unspecified atom stereocenters. The Morgan fingerprint density at radius 2 is 2.10 bits per heavy atom. The largest absolute Gasteiger partial charge is 0.258 e. The van der Waals surface area contributed by atoms with Gasteiger partial charge in [-0.15, -0.1) is 0 Å². The molecule has 2 heteroatoms. The molecular formula is C8H10N2. The third-order valence-electron chi connectivity index (χ3n) is 1.14. The fourth-order valence-electron chi connectivity index (χ4n) is 0.659. The third-order valence-corrected chi connectivity index (χ3v) is 1.14. The van der Waals surface area contributed by atoms with Crippen molar-refractivity contribution in [2.24, 2.45) is 0 Å². The van der Waals surface area contributed by atoms with E-state index >= 15 is 0 Å². The molecule has 0 saturated heterocycles. The van der Waals surface area contributed by atoms with Crippen LogP contribution in [0.5, 0.6) is 0 Å². The number of hydrogen-bond acceptors (Lipinski definition) is 2. The van der Waals surface area contributed by atoms with Crippen LogP contribution >= 0.6 is 0 Å². The summed E-state index contributed by atoms with van der Waals surface area (Å²) < 4.78 is 0. The van der Waals surface area contributed by atoms with Gasteiger partial charge in [-0.25, -0.2) is 0 Å². The van der Waals surface area contributed by atoms with Crippen molar-refractivity contribution in [2.45, 2.75) is 13.8 Å². The lowest BCUT2D eigenvalue weighted by Gasteiger charge is -1.90. The average molecular weight is 134 g/mol. The molecule has 0 fully saturated rings. The van der Waals surface area contributed by atoms with Crippen molar-refractivity contribution in [3.63, 3.8) is 0 Å². The van der Waals surface area contributed by atoms with Crippen LogP contribution in [0.3, 0.4) is 0 Å². The van der Waals surface area contributed by atoms with Crippen LogP contribution < -0.4 is 0 Å². The van der Waals surface area contributed by atoms with Gasteiger partial charge in [-0.05, 0) is 19.9 Å². The van der Waals surface area contributed by atoms with Crippen molar-refractivity contribution in [3.05, 3.63) is 29.9 Å². The third kappa shape index (κ3) is 1.65. The second kappa shape index (κ2) is 3.11. The lowest BCUT2D eigenvalue weighted by molar-refractivity contribution is 1.10. The highest BCUT2D eigenvalue weighted by atomic mass is 14.8. The molecule has 0 radical (unpaired) electrons. The Bertz CT molecular complexity index is 224. The van der Waals surface area contributed by atoms with Gasteiger partial charge in [0.25, 0.3) is 0 Å². The van der Waals surface area contributed by atoms with E-state index in [-0.39, 0.29) is 0 Å². The highest BCUT2D eigenvalue weighted by molar-refractivity contribution is 5.41. The molecule has 1 rings (SSSR count). The normalized spacial score (nSPS) is 10.6. The zero-order chi connectivity index (χ0) is 7.40. The van der Waals surface area contributed by atoms with Gasteiger partial charge in [0.1, 0.15) is 0 Å². The average Bonchev–Trinajstić information content (AvgIpc) is 1.95. The van der Waals surface area contributed by atoms with Gasteiger partial charge < -0.3 is 0 Å². The maximum Gasteiger partial charge on any atom is 0.0809 e. The van der Waals surface area contributed by atoms with Gasteiger partial charge in [0, 0.05) is 6.20 Å². The summed E-state index contributed by atoms with van der Waals surface area (Å²) in [5, 5.41) is 0. The van der Waals surface area contributed by atoms with E-state index in [2.05, 4.69) is 9.97 Å². The van der Waals surface area contributed by atoms with E-state index in [4.69, 9.17) is 0 Å². The van der Waals surface area contributed by atoms with Crippen molar-refractivity contribution in [1.82, 2.24) is 9.97 Å². The van der Waals surface area contributed by atoms with Gasteiger partial charge in [0.15, 0.2) is 0 Å². The minimum atomic E-state index is 0.910. The molecule has 0 atom stereocenters. The van der Waals surface area contributed by atoms with Crippen LogP contribution in [0.2, 0.25) is 0 Å². The molecule has 0 aliphatic heterocycles. The fourth-order valence-corrected chi connectivity index (χ4v) is 0.659. The maximum absolute atomic E-state index is 4.12. The van der Waals surface area contributed by atoms with Crippen LogP contribution in [0.25, 0.3) is 6.08 Å². The summed E-state index contributed by atoms with van der Waals surface area (Å²) in [5.41, 5.74) is 1.86. The molecule has 1 heterocycles. The van der Waals surface area contributed by atoms with E-state index in [1.54, 1.807) is 12.4 Å². The zero-order valence-corrected chi connectivity index (χ0v) is 6.20. The second-order valence-corrected chi connectivity index (χ2v) is 2.08. The lowest BCUT2D eigenvalue weighted by atomic mass is 10.4. The first-order valence-corrected chi connectivity index (χ1v) is 3.24. The predicted molar refractivity (Wildman–Crippen MR) is 41.5 cm³/mol. The minimum absolute atomic E-state index is 0.910. The molecule has 10 heavy (non-hydrogen) atoms. The molecule has 0 bridgehead atoms. The van der Waals surface area contributed by atoms with Crippen molar-refractivity contribution in [1.29, 1.82) is 0 Å². The Morgan fingerprint density at radius 3 is 2.60 bits per heavy atom. The molecular weight excluding hydrogens is 124 g/mol. The molecule has 52 valence electrons. The predicted octanol–water partition coefficient (Wildman–Crippen LogP) is 1.82. The highest BCUT2D eigenvalue weighted by Gasteiger charge is 1.86. The molecule has 0 aromatic carbocycles. The van der Waals surface area contributed by atoms with E-state index in [0.29, 0.717) is 0 Å². The number of aromatic nitrogens is 2. The number of hydrogen-bond donors (Lipinski definition) is 0. The zero-order valence-electron chi connectivity index (χ0n) is 6.20. The number of aryl methyl sites for hydroxylation is 1. The van der Waals surface area contributed by atoms with E-state index in [1.807, 2.05) is 26.0 Å². The molecule has 0 aliphatic rings. The summed E-state index contributed by atoms with van der Waals surface area (Å²) in [6.07, 6.45) is 7.39. The van der Waals surface area contributed by atoms with Crippen molar-refractivity contribution in [2.75, 3.05) is 0 Å². The van der Waals surface area contributed by atoms with Gasteiger partial charge in [-0.3, -0.25) is 9.97 Å². The monoisotopic (exact) mass is 134 g/mol. The summed E-state index contributed by atoms with van der Waals surface area (Å²) in [7, 11) is 0. The van der Waals surface area contributed by atoms with Crippen molar-refractivity contribution >= 4 is 6.08 Å². The Kier molecular flexibility index (Phi) is 2.15. The van der Waals surface area contributed by atoms with Crippen LogP contribution in [-0.2, 0) is 0 Å².